The molecule has 4 atom stereocenters. The van der Waals surface area contributed by atoms with Crippen molar-refractivity contribution in [3.63, 3.8) is 0 Å². The number of imidazole rings is 2. The quantitative estimate of drug-likeness (QED) is 0.0772. The zero-order valence-corrected chi connectivity index (χ0v) is 26.3. The molecular weight excluding hydrogens is 628 g/mol. The number of aromatic amines is 4. The molecule has 252 valence electrons. The number of H-pyrrole nitrogens is 4. The SMILES string of the molecule is NC(Cc1c[nH]c2ccccc12)C(=O)NC(Cc1cnc[nH]1)C(=O)NC(Cc1cnc[nH]1)C(=O)NC(Cc1c[nH]c2ccccc12)C(=O)O. The fourth-order valence-electron chi connectivity index (χ4n) is 5.83. The average molecular weight is 665 g/mol. The third-order valence-corrected chi connectivity index (χ3v) is 8.39. The molecule has 2 aromatic carbocycles. The molecule has 4 aromatic heterocycles. The van der Waals surface area contributed by atoms with Gasteiger partial charge >= 0.3 is 5.97 Å². The highest BCUT2D eigenvalue weighted by Gasteiger charge is 2.32. The van der Waals surface area contributed by atoms with Gasteiger partial charge in [0.05, 0.1) is 18.7 Å². The fraction of sp³-hybridized carbons (Fsp3) is 0.235. The first kappa shape index (κ1) is 32.7. The van der Waals surface area contributed by atoms with Crippen molar-refractivity contribution in [1.82, 2.24) is 45.9 Å². The van der Waals surface area contributed by atoms with Crippen LogP contribution in [-0.2, 0) is 44.9 Å². The standard InChI is InChI=1S/C34H36N10O5/c35-25(9-19-13-38-26-7-3-1-5-23(19)26)31(45)42-28(11-21-15-36-17-40-21)32(46)43-29(12-22-16-37-18-41-22)33(47)44-30(34(48)49)10-20-14-39-27-8-4-2-6-24(20)27/h1-8,13-18,25,28-30,38-39H,9-12,35H2,(H,36,40)(H,37,41)(H,42,45)(H,43,46)(H,44,47)(H,48,49). The van der Waals surface area contributed by atoms with Crippen molar-refractivity contribution in [3.05, 3.63) is 108 Å². The summed E-state index contributed by atoms with van der Waals surface area (Å²) in [5, 5.41) is 19.9. The van der Waals surface area contributed by atoms with Crippen molar-refractivity contribution in [3.8, 4) is 0 Å². The van der Waals surface area contributed by atoms with Crippen LogP contribution in [0.4, 0.5) is 0 Å². The fourth-order valence-corrected chi connectivity index (χ4v) is 5.83. The summed E-state index contributed by atoms with van der Waals surface area (Å²) < 4.78 is 0. The maximum atomic E-state index is 13.9. The molecule has 0 aliphatic heterocycles. The maximum absolute atomic E-state index is 13.9. The molecule has 0 saturated heterocycles. The lowest BCUT2D eigenvalue weighted by atomic mass is 10.0. The van der Waals surface area contributed by atoms with Gasteiger partial charge in [-0.1, -0.05) is 36.4 Å². The number of para-hydroxylation sites is 2. The smallest absolute Gasteiger partial charge is 0.326 e. The first-order valence-electron chi connectivity index (χ1n) is 15.7. The van der Waals surface area contributed by atoms with Crippen LogP contribution in [0, 0.1) is 0 Å². The number of hydrogen-bond acceptors (Lipinski definition) is 7. The Morgan fingerprint density at radius 2 is 1.10 bits per heavy atom. The van der Waals surface area contributed by atoms with Crippen LogP contribution >= 0.6 is 0 Å². The predicted octanol–water partition coefficient (Wildman–Crippen LogP) is 1.23. The number of hydrogen-bond donors (Lipinski definition) is 9. The molecular formula is C34H36N10O5. The first-order chi connectivity index (χ1) is 23.7. The van der Waals surface area contributed by atoms with Crippen LogP contribution in [0.25, 0.3) is 21.8 Å². The molecule has 15 nitrogen and oxygen atoms in total. The second kappa shape index (κ2) is 14.7. The highest BCUT2D eigenvalue weighted by molar-refractivity contribution is 5.95. The molecule has 6 aromatic rings. The Morgan fingerprint density at radius 3 is 1.59 bits per heavy atom. The third-order valence-electron chi connectivity index (χ3n) is 8.39. The summed E-state index contributed by atoms with van der Waals surface area (Å²) in [5.74, 6) is -3.20. The zero-order chi connectivity index (χ0) is 34.3. The molecule has 0 spiro atoms. The Labute approximate surface area is 279 Å². The van der Waals surface area contributed by atoms with Crippen LogP contribution in [0.1, 0.15) is 22.5 Å². The minimum absolute atomic E-state index is 0.00261. The van der Waals surface area contributed by atoms with Crippen LogP contribution in [-0.4, -0.2) is 82.9 Å². The number of fused-ring (bicyclic) bond motifs is 2. The number of aromatic nitrogens is 6. The van der Waals surface area contributed by atoms with Crippen LogP contribution in [0.5, 0.6) is 0 Å². The van der Waals surface area contributed by atoms with Gasteiger partial charge in [-0.15, -0.1) is 0 Å². The predicted molar refractivity (Wildman–Crippen MR) is 180 cm³/mol. The molecule has 3 amide bonds. The van der Waals surface area contributed by atoms with E-state index in [0.717, 1.165) is 27.4 Å². The van der Waals surface area contributed by atoms with Crippen LogP contribution in [0.2, 0.25) is 0 Å². The molecule has 4 unspecified atom stereocenters. The average Bonchev–Trinajstić information content (AvgIpc) is 3.93. The lowest BCUT2D eigenvalue weighted by Crippen LogP contribution is -2.58. The van der Waals surface area contributed by atoms with Crippen LogP contribution in [0.15, 0.2) is 86.0 Å². The largest absolute Gasteiger partial charge is 0.480 e. The van der Waals surface area contributed by atoms with Gasteiger partial charge in [-0.25, -0.2) is 14.8 Å². The zero-order valence-electron chi connectivity index (χ0n) is 26.3. The number of nitrogens with one attached hydrogen (secondary N) is 7. The molecule has 0 aliphatic carbocycles. The normalized spacial score (nSPS) is 13.8. The van der Waals surface area contributed by atoms with E-state index in [9.17, 15) is 24.3 Å². The number of carbonyl (C=O) groups excluding carboxylic acids is 3. The summed E-state index contributed by atoms with van der Waals surface area (Å²) in [4.78, 5) is 73.4. The second-order valence-electron chi connectivity index (χ2n) is 11.8. The molecule has 0 saturated carbocycles. The highest BCUT2D eigenvalue weighted by Crippen LogP contribution is 2.20. The van der Waals surface area contributed by atoms with Gasteiger partial charge in [-0.2, -0.15) is 0 Å². The lowest BCUT2D eigenvalue weighted by Gasteiger charge is -2.25. The molecule has 4 heterocycles. The lowest BCUT2D eigenvalue weighted by molar-refractivity contribution is -0.142. The number of carboxylic acids is 1. The van der Waals surface area contributed by atoms with E-state index in [1.54, 1.807) is 12.4 Å². The van der Waals surface area contributed by atoms with Gasteiger partial charge in [-0.05, 0) is 29.7 Å². The molecule has 0 fully saturated rings. The minimum atomic E-state index is -1.30. The summed E-state index contributed by atoms with van der Waals surface area (Å²) >= 11 is 0. The minimum Gasteiger partial charge on any atom is -0.480 e. The van der Waals surface area contributed by atoms with E-state index in [0.29, 0.717) is 17.0 Å². The van der Waals surface area contributed by atoms with Crippen molar-refractivity contribution < 1.29 is 24.3 Å². The number of aliphatic carboxylic acids is 1. The number of carbonyl (C=O) groups is 4. The Bertz CT molecular complexity index is 2050. The van der Waals surface area contributed by atoms with E-state index in [4.69, 9.17) is 5.73 Å². The molecule has 0 bridgehead atoms. The first-order valence-corrected chi connectivity index (χ1v) is 15.7. The number of benzene rings is 2. The van der Waals surface area contributed by atoms with Crippen LogP contribution in [0.3, 0.4) is 0 Å². The van der Waals surface area contributed by atoms with Gasteiger partial charge in [0.1, 0.15) is 18.1 Å². The van der Waals surface area contributed by atoms with Gasteiger partial charge in [-0.3, -0.25) is 14.4 Å². The van der Waals surface area contributed by atoms with Gasteiger partial charge in [0, 0.05) is 77.2 Å². The number of carboxylic acid groups (broad SMARTS) is 1. The Balaban J connectivity index is 1.18. The van der Waals surface area contributed by atoms with Gasteiger partial charge in [0.2, 0.25) is 17.7 Å². The van der Waals surface area contributed by atoms with Gasteiger partial charge in [0.25, 0.3) is 0 Å². The Morgan fingerprint density at radius 1 is 0.633 bits per heavy atom. The maximum Gasteiger partial charge on any atom is 0.326 e. The second-order valence-corrected chi connectivity index (χ2v) is 11.8. The monoisotopic (exact) mass is 664 g/mol. The molecule has 15 heteroatoms. The van der Waals surface area contributed by atoms with E-state index in [-0.39, 0.29) is 25.7 Å². The van der Waals surface area contributed by atoms with E-state index < -0.39 is 47.9 Å². The van der Waals surface area contributed by atoms with Crippen molar-refractivity contribution >= 4 is 45.5 Å². The van der Waals surface area contributed by atoms with Gasteiger partial charge < -0.3 is 46.7 Å². The number of nitrogens with zero attached hydrogens (tertiary/aromatic N) is 2. The molecule has 0 radical (unpaired) electrons. The van der Waals surface area contributed by atoms with Crippen LogP contribution < -0.4 is 21.7 Å². The molecule has 0 aliphatic rings. The Hall–Kier alpha value is -6.22. The summed E-state index contributed by atoms with van der Waals surface area (Å²) in [6.45, 7) is 0. The van der Waals surface area contributed by atoms with E-state index >= 15 is 0 Å². The van der Waals surface area contributed by atoms with Crippen molar-refractivity contribution in [2.24, 2.45) is 5.73 Å². The van der Waals surface area contributed by atoms with E-state index in [1.165, 1.54) is 25.0 Å². The molecule has 6 rings (SSSR count). The molecule has 10 N–H and O–H groups in total. The molecule has 49 heavy (non-hydrogen) atoms. The third kappa shape index (κ3) is 7.85. The summed E-state index contributed by atoms with van der Waals surface area (Å²) in [6.07, 6.45) is 9.62. The van der Waals surface area contributed by atoms with Gasteiger partial charge in [0.15, 0.2) is 0 Å². The summed E-state index contributed by atoms with van der Waals surface area (Å²) in [7, 11) is 0. The van der Waals surface area contributed by atoms with Crippen molar-refractivity contribution in [2.45, 2.75) is 49.9 Å². The Kier molecular flexibility index (Phi) is 9.80. The summed E-state index contributed by atoms with van der Waals surface area (Å²) in [5.41, 5.74) is 10.7. The van der Waals surface area contributed by atoms with E-state index in [1.807, 2.05) is 48.5 Å². The topological polar surface area (TPSA) is 240 Å². The van der Waals surface area contributed by atoms with E-state index in [2.05, 4.69) is 45.9 Å². The summed E-state index contributed by atoms with van der Waals surface area (Å²) in [6, 6.07) is 10.4. The number of nitrogens with two attached hydrogens (primary N) is 1. The van der Waals surface area contributed by atoms with Crippen molar-refractivity contribution in [1.29, 1.82) is 0 Å². The number of amides is 3. The highest BCUT2D eigenvalue weighted by atomic mass is 16.4. The van der Waals surface area contributed by atoms with Crippen molar-refractivity contribution in [2.75, 3.05) is 0 Å². The number of rotatable bonds is 15.